The predicted octanol–water partition coefficient (Wildman–Crippen LogP) is 7.06. The molecule has 0 aliphatic rings. The molecule has 0 fully saturated rings. The van der Waals surface area contributed by atoms with Crippen molar-refractivity contribution in [3.8, 4) is 0 Å². The van der Waals surface area contributed by atoms with Crippen molar-refractivity contribution in [2.45, 2.75) is 38.5 Å². The van der Waals surface area contributed by atoms with Crippen LogP contribution < -0.4 is 0 Å². The Balaban J connectivity index is 0.000000346. The maximum atomic E-state index is 12.7. The summed E-state index contributed by atoms with van der Waals surface area (Å²) in [5.74, 6) is -1.43. The molecule has 1 unspecified atom stereocenters. The summed E-state index contributed by atoms with van der Waals surface area (Å²) in [7, 11) is 0. The van der Waals surface area contributed by atoms with Gasteiger partial charge in [0.25, 0.3) is 0 Å². The highest BCUT2D eigenvalue weighted by molar-refractivity contribution is 7.44. The van der Waals surface area contributed by atoms with E-state index in [2.05, 4.69) is 0 Å². The Kier molecular flexibility index (Phi) is 6.78. The minimum atomic E-state index is -4.19. The zero-order valence-electron chi connectivity index (χ0n) is 12.7. The molecule has 122 valence electrons. The van der Waals surface area contributed by atoms with Crippen molar-refractivity contribution in [1.29, 1.82) is 0 Å². The molecule has 0 saturated heterocycles. The van der Waals surface area contributed by atoms with Crippen molar-refractivity contribution in [3.63, 3.8) is 0 Å². The molecule has 0 aromatic heterocycles. The van der Waals surface area contributed by atoms with Gasteiger partial charge in [-0.05, 0) is 35.9 Å². The van der Waals surface area contributed by atoms with Gasteiger partial charge in [0.05, 0.1) is 5.92 Å². The molecule has 1 atom stereocenters. The van der Waals surface area contributed by atoms with E-state index in [0.29, 0.717) is 10.9 Å². The molecule has 2 aromatic rings. The summed E-state index contributed by atoms with van der Waals surface area (Å²) in [6, 6.07) is 13.1. The molecule has 0 aliphatic heterocycles. The number of fused-ring (bicyclic) bond motifs is 1. The Morgan fingerprint density at radius 1 is 1.05 bits per heavy atom. The van der Waals surface area contributed by atoms with Crippen LogP contribution in [0.2, 0.25) is 12.6 Å². The van der Waals surface area contributed by atoms with Gasteiger partial charge in [-0.15, -0.1) is 22.2 Å². The monoisotopic (exact) mass is 366 g/mol. The van der Waals surface area contributed by atoms with Gasteiger partial charge in [0.15, 0.2) is 0 Å². The summed E-state index contributed by atoms with van der Waals surface area (Å²) in [6.45, 7) is 3.43. The highest BCUT2D eigenvalue weighted by Gasteiger charge is 2.37. The van der Waals surface area contributed by atoms with Crippen molar-refractivity contribution in [3.05, 3.63) is 48.0 Å². The SMILES string of the molecule is CC(c1cccc2ccccc12)C(F)(F)F.CC[Si](C)(Cl)Cl. The van der Waals surface area contributed by atoms with Crippen molar-refractivity contribution in [1.82, 2.24) is 0 Å². The molecule has 6 heteroatoms. The van der Waals surface area contributed by atoms with Crippen LogP contribution in [-0.4, -0.2) is 12.9 Å². The number of hydrogen-bond acceptors (Lipinski definition) is 0. The number of alkyl halides is 3. The molecule has 0 spiro atoms. The van der Waals surface area contributed by atoms with E-state index in [-0.39, 0.29) is 0 Å². The Bertz CT molecular complexity index is 601. The molecular weight excluding hydrogens is 348 g/mol. The van der Waals surface area contributed by atoms with Gasteiger partial charge < -0.3 is 0 Å². The highest BCUT2D eigenvalue weighted by atomic mass is 35.7. The molecule has 0 bridgehead atoms. The van der Waals surface area contributed by atoms with Crippen LogP contribution in [0.25, 0.3) is 10.8 Å². The van der Waals surface area contributed by atoms with E-state index in [1.165, 1.54) is 6.92 Å². The molecule has 0 N–H and O–H groups in total. The van der Waals surface area contributed by atoms with Crippen molar-refractivity contribution in [2.75, 3.05) is 0 Å². The Morgan fingerprint density at radius 3 is 2.05 bits per heavy atom. The van der Waals surface area contributed by atoms with Crippen molar-refractivity contribution >= 4 is 39.6 Å². The van der Waals surface area contributed by atoms with E-state index in [1.807, 2.05) is 31.7 Å². The Labute approximate surface area is 139 Å². The van der Waals surface area contributed by atoms with E-state index in [9.17, 15) is 13.2 Å². The van der Waals surface area contributed by atoms with E-state index >= 15 is 0 Å². The van der Waals surface area contributed by atoms with Crippen LogP contribution in [0.4, 0.5) is 13.2 Å². The molecule has 0 heterocycles. The second-order valence-electron chi connectivity index (χ2n) is 5.26. The lowest BCUT2D eigenvalue weighted by molar-refractivity contribution is -0.146. The summed E-state index contributed by atoms with van der Waals surface area (Å²) in [4.78, 5) is 0. The van der Waals surface area contributed by atoms with Gasteiger partial charge >= 0.3 is 6.18 Å². The number of benzene rings is 2. The van der Waals surface area contributed by atoms with Gasteiger partial charge in [-0.1, -0.05) is 49.4 Å². The maximum absolute atomic E-state index is 12.7. The lowest BCUT2D eigenvalue weighted by Gasteiger charge is -2.17. The third-order valence-electron chi connectivity index (χ3n) is 3.40. The fourth-order valence-electron chi connectivity index (χ4n) is 1.80. The fraction of sp³-hybridized carbons (Fsp3) is 0.375. The fourth-order valence-corrected chi connectivity index (χ4v) is 1.80. The molecule has 0 nitrogen and oxygen atoms in total. The topological polar surface area (TPSA) is 0 Å². The first-order valence-corrected chi connectivity index (χ1v) is 11.7. The molecule has 0 aliphatic carbocycles. The summed E-state index contributed by atoms with van der Waals surface area (Å²) < 4.78 is 38.0. The van der Waals surface area contributed by atoms with E-state index < -0.39 is 18.8 Å². The number of halogens is 5. The van der Waals surface area contributed by atoms with Crippen LogP contribution in [0.1, 0.15) is 25.3 Å². The number of hydrogen-bond donors (Lipinski definition) is 0. The standard InChI is InChI=1S/C13H11F3.C3H8Cl2Si/c1-9(13(14,15)16)11-8-4-6-10-5-2-3-7-12(10)11;1-3-6(2,4)5/h2-9H,1H3;3H2,1-2H3. The van der Waals surface area contributed by atoms with Gasteiger partial charge in [-0.3, -0.25) is 0 Å². The predicted molar refractivity (Wildman–Crippen MR) is 92.2 cm³/mol. The van der Waals surface area contributed by atoms with Gasteiger partial charge in [0.2, 0.25) is 6.69 Å². The Hall–Kier alpha value is -0.713. The van der Waals surface area contributed by atoms with Crippen LogP contribution in [0.3, 0.4) is 0 Å². The van der Waals surface area contributed by atoms with Gasteiger partial charge in [-0.2, -0.15) is 13.2 Å². The normalized spacial score (nSPS) is 13.5. The summed E-state index contributed by atoms with van der Waals surface area (Å²) >= 11 is 11.2. The largest absolute Gasteiger partial charge is 0.395 e. The average molecular weight is 367 g/mol. The number of rotatable bonds is 2. The van der Waals surface area contributed by atoms with Crippen LogP contribution >= 0.6 is 22.2 Å². The third kappa shape index (κ3) is 5.82. The van der Waals surface area contributed by atoms with Gasteiger partial charge in [0, 0.05) is 0 Å². The summed E-state index contributed by atoms with van der Waals surface area (Å²) in [5.41, 5.74) is 0.339. The molecular formula is C16H19Cl2F3Si. The lowest BCUT2D eigenvalue weighted by Crippen LogP contribution is -2.17. The molecule has 2 aromatic carbocycles. The molecule has 2 rings (SSSR count). The van der Waals surface area contributed by atoms with Crippen LogP contribution in [0.5, 0.6) is 0 Å². The first-order chi connectivity index (χ1) is 10.1. The molecule has 0 amide bonds. The van der Waals surface area contributed by atoms with Crippen LogP contribution in [0, 0.1) is 0 Å². The quantitative estimate of drug-likeness (QED) is 0.394. The van der Waals surface area contributed by atoms with Crippen LogP contribution in [-0.2, 0) is 0 Å². The van der Waals surface area contributed by atoms with Gasteiger partial charge in [-0.25, -0.2) is 0 Å². The molecule has 22 heavy (non-hydrogen) atoms. The van der Waals surface area contributed by atoms with E-state index in [4.69, 9.17) is 22.2 Å². The molecule has 0 radical (unpaired) electrons. The first-order valence-electron chi connectivity index (χ1n) is 6.98. The highest BCUT2D eigenvalue weighted by Crippen LogP contribution is 2.37. The minimum Gasteiger partial charge on any atom is -0.170 e. The second kappa shape index (κ2) is 7.71. The summed E-state index contributed by atoms with van der Waals surface area (Å²) in [6.07, 6.45) is -4.19. The first kappa shape index (κ1) is 19.3. The zero-order valence-corrected chi connectivity index (χ0v) is 15.2. The smallest absolute Gasteiger partial charge is 0.170 e. The van der Waals surface area contributed by atoms with Gasteiger partial charge in [0.1, 0.15) is 0 Å². The molecule has 0 saturated carbocycles. The van der Waals surface area contributed by atoms with E-state index in [0.717, 1.165) is 11.4 Å². The van der Waals surface area contributed by atoms with Crippen LogP contribution in [0.15, 0.2) is 42.5 Å². The maximum Gasteiger partial charge on any atom is 0.395 e. The Morgan fingerprint density at radius 2 is 1.55 bits per heavy atom. The minimum absolute atomic E-state index is 0.339. The summed E-state index contributed by atoms with van der Waals surface area (Å²) in [5, 5.41) is 1.52. The third-order valence-corrected chi connectivity index (χ3v) is 6.25. The zero-order chi connectivity index (χ0) is 17.0. The van der Waals surface area contributed by atoms with Crippen molar-refractivity contribution in [2.24, 2.45) is 0 Å². The average Bonchev–Trinajstić information content (AvgIpc) is 2.45. The second-order valence-corrected chi connectivity index (χ2v) is 13.7. The van der Waals surface area contributed by atoms with Crippen molar-refractivity contribution < 1.29 is 13.2 Å². The van der Waals surface area contributed by atoms with E-state index in [1.54, 1.807) is 24.3 Å². The lowest BCUT2D eigenvalue weighted by atomic mass is 9.94.